The van der Waals surface area contributed by atoms with Crippen LogP contribution in [0, 0.1) is 5.82 Å². The number of hydrogen-bond donors (Lipinski definition) is 1. The molecular weight excluding hydrogens is 297 g/mol. The van der Waals surface area contributed by atoms with Crippen LogP contribution in [-0.2, 0) is 0 Å². The lowest BCUT2D eigenvalue weighted by atomic mass is 10.2. The molecule has 0 aliphatic rings. The molecule has 0 unspecified atom stereocenters. The average Bonchev–Trinajstić information content (AvgIpc) is 2.32. The molecule has 1 N–H and O–H groups in total. The Morgan fingerprint density at radius 1 is 1.28 bits per heavy atom. The zero-order valence-corrected chi connectivity index (χ0v) is 12.6. The Balaban J connectivity index is 2.09. The molecule has 2 nitrogen and oxygen atoms in total. The third kappa shape index (κ3) is 6.36. The van der Waals surface area contributed by atoms with E-state index in [-0.39, 0.29) is 5.82 Å². The van der Waals surface area contributed by atoms with Gasteiger partial charge in [0.2, 0.25) is 0 Å². The van der Waals surface area contributed by atoms with Gasteiger partial charge in [-0.1, -0.05) is 13.8 Å². The van der Waals surface area contributed by atoms with Gasteiger partial charge in [0, 0.05) is 12.1 Å². The number of halogens is 2. The lowest BCUT2D eigenvalue weighted by Crippen LogP contribution is -2.23. The van der Waals surface area contributed by atoms with Crippen molar-refractivity contribution in [3.63, 3.8) is 0 Å². The van der Waals surface area contributed by atoms with E-state index >= 15 is 0 Å². The summed E-state index contributed by atoms with van der Waals surface area (Å²) in [5.41, 5.74) is 0. The predicted molar refractivity (Wildman–Crippen MR) is 76.6 cm³/mol. The highest BCUT2D eigenvalue weighted by Gasteiger charge is 2.01. The van der Waals surface area contributed by atoms with Crippen molar-refractivity contribution in [1.82, 2.24) is 5.32 Å². The molecule has 0 aromatic heterocycles. The van der Waals surface area contributed by atoms with Gasteiger partial charge in [-0.15, -0.1) is 0 Å². The van der Waals surface area contributed by atoms with Gasteiger partial charge < -0.3 is 10.1 Å². The van der Waals surface area contributed by atoms with E-state index in [0.29, 0.717) is 22.9 Å². The molecular formula is C14H21BrFNO. The van der Waals surface area contributed by atoms with E-state index in [1.807, 2.05) is 0 Å². The van der Waals surface area contributed by atoms with E-state index < -0.39 is 0 Å². The lowest BCUT2D eigenvalue weighted by molar-refractivity contribution is 0.303. The zero-order valence-electron chi connectivity index (χ0n) is 11.0. The molecule has 0 bridgehead atoms. The summed E-state index contributed by atoms with van der Waals surface area (Å²) in [6, 6.07) is 5.39. The van der Waals surface area contributed by atoms with Gasteiger partial charge in [-0.05, 0) is 53.9 Å². The van der Waals surface area contributed by atoms with Crippen molar-refractivity contribution in [3.05, 3.63) is 28.5 Å². The number of ether oxygens (including phenoxy) is 1. The quantitative estimate of drug-likeness (QED) is 0.728. The first-order valence-electron chi connectivity index (χ1n) is 6.41. The Bertz CT molecular complexity index is 358. The van der Waals surface area contributed by atoms with Crippen LogP contribution in [0.15, 0.2) is 22.7 Å². The smallest absolute Gasteiger partial charge is 0.141 e. The highest BCUT2D eigenvalue weighted by atomic mass is 79.9. The van der Waals surface area contributed by atoms with Crippen LogP contribution in [0.3, 0.4) is 0 Å². The minimum Gasteiger partial charge on any atom is -0.493 e. The van der Waals surface area contributed by atoms with Crippen LogP contribution < -0.4 is 10.1 Å². The summed E-state index contributed by atoms with van der Waals surface area (Å²) in [7, 11) is 0. The molecule has 1 aromatic rings. The first-order chi connectivity index (χ1) is 8.59. The zero-order chi connectivity index (χ0) is 13.4. The van der Waals surface area contributed by atoms with Crippen molar-refractivity contribution < 1.29 is 9.13 Å². The van der Waals surface area contributed by atoms with Gasteiger partial charge >= 0.3 is 0 Å². The van der Waals surface area contributed by atoms with Gasteiger partial charge in [0.15, 0.2) is 0 Å². The maximum Gasteiger partial charge on any atom is 0.141 e. The van der Waals surface area contributed by atoms with Crippen molar-refractivity contribution in [2.24, 2.45) is 0 Å². The van der Waals surface area contributed by atoms with Gasteiger partial charge in [-0.3, -0.25) is 0 Å². The van der Waals surface area contributed by atoms with Gasteiger partial charge in [-0.25, -0.2) is 4.39 Å². The van der Waals surface area contributed by atoms with Crippen molar-refractivity contribution in [2.45, 2.75) is 39.2 Å². The summed E-state index contributed by atoms with van der Waals surface area (Å²) in [6.07, 6.45) is 3.27. The Hall–Kier alpha value is -0.610. The normalized spacial score (nSPS) is 10.9. The van der Waals surface area contributed by atoms with E-state index in [1.54, 1.807) is 12.1 Å². The van der Waals surface area contributed by atoms with Crippen LogP contribution in [0.2, 0.25) is 0 Å². The van der Waals surface area contributed by atoms with E-state index in [4.69, 9.17) is 4.74 Å². The highest BCUT2D eigenvalue weighted by Crippen LogP contribution is 2.21. The summed E-state index contributed by atoms with van der Waals surface area (Å²) in [5, 5.41) is 3.37. The second-order valence-corrected chi connectivity index (χ2v) is 5.45. The van der Waals surface area contributed by atoms with Crippen molar-refractivity contribution in [1.29, 1.82) is 0 Å². The Morgan fingerprint density at radius 3 is 2.72 bits per heavy atom. The van der Waals surface area contributed by atoms with Gasteiger partial charge in [-0.2, -0.15) is 0 Å². The molecule has 0 amide bonds. The Morgan fingerprint density at radius 2 is 2.06 bits per heavy atom. The van der Waals surface area contributed by atoms with E-state index in [9.17, 15) is 4.39 Å². The summed E-state index contributed by atoms with van der Waals surface area (Å²) in [6.45, 7) is 5.98. The van der Waals surface area contributed by atoms with Gasteiger partial charge in [0.1, 0.15) is 11.6 Å². The number of benzene rings is 1. The minimum absolute atomic E-state index is 0.284. The molecule has 0 heterocycles. The number of hydrogen-bond acceptors (Lipinski definition) is 2. The molecule has 0 saturated heterocycles. The average molecular weight is 318 g/mol. The van der Waals surface area contributed by atoms with E-state index in [2.05, 4.69) is 35.1 Å². The largest absolute Gasteiger partial charge is 0.493 e. The maximum atomic E-state index is 13.2. The van der Waals surface area contributed by atoms with Crippen molar-refractivity contribution in [3.8, 4) is 5.75 Å². The molecule has 1 rings (SSSR count). The van der Waals surface area contributed by atoms with E-state index in [0.717, 1.165) is 25.8 Å². The topological polar surface area (TPSA) is 21.3 Å². The fraction of sp³-hybridized carbons (Fsp3) is 0.571. The van der Waals surface area contributed by atoms with Gasteiger partial charge in [0.05, 0.1) is 11.1 Å². The number of nitrogens with one attached hydrogen (secondary N) is 1. The van der Waals surface area contributed by atoms with Crippen LogP contribution >= 0.6 is 15.9 Å². The molecule has 18 heavy (non-hydrogen) atoms. The van der Waals surface area contributed by atoms with Crippen LogP contribution in [0.1, 0.15) is 33.1 Å². The molecule has 0 aliphatic heterocycles. The molecule has 0 atom stereocenters. The molecule has 0 saturated carbocycles. The molecule has 102 valence electrons. The molecule has 0 fully saturated rings. The lowest BCUT2D eigenvalue weighted by Gasteiger charge is -2.08. The summed E-state index contributed by atoms with van der Waals surface area (Å²) >= 11 is 3.11. The first-order valence-corrected chi connectivity index (χ1v) is 7.20. The number of unbranched alkanes of at least 4 members (excludes halogenated alkanes) is 2. The van der Waals surface area contributed by atoms with Crippen molar-refractivity contribution >= 4 is 15.9 Å². The Kier molecular flexibility index (Phi) is 7.28. The monoisotopic (exact) mass is 317 g/mol. The predicted octanol–water partition coefficient (Wildman–Crippen LogP) is 4.14. The highest BCUT2D eigenvalue weighted by molar-refractivity contribution is 9.10. The van der Waals surface area contributed by atoms with Crippen LogP contribution in [0.25, 0.3) is 0 Å². The molecule has 0 spiro atoms. The first kappa shape index (κ1) is 15.4. The second-order valence-electron chi connectivity index (χ2n) is 4.59. The van der Waals surface area contributed by atoms with Crippen LogP contribution in [0.5, 0.6) is 5.75 Å². The SMILES string of the molecule is CC(C)NCCCCCOc1ccc(Br)c(F)c1. The van der Waals surface area contributed by atoms with Crippen molar-refractivity contribution in [2.75, 3.05) is 13.2 Å². The molecule has 4 heteroatoms. The van der Waals surface area contributed by atoms with Crippen LogP contribution in [-0.4, -0.2) is 19.2 Å². The molecule has 1 aromatic carbocycles. The van der Waals surface area contributed by atoms with Gasteiger partial charge in [0.25, 0.3) is 0 Å². The standard InChI is InChI=1S/C14H21BrFNO/c1-11(2)17-8-4-3-5-9-18-12-6-7-13(15)14(16)10-12/h6-7,10-11,17H,3-5,8-9H2,1-2H3. The second kappa shape index (κ2) is 8.48. The van der Waals surface area contributed by atoms with Crippen LogP contribution in [0.4, 0.5) is 4.39 Å². The molecule has 0 radical (unpaired) electrons. The Labute approximate surface area is 117 Å². The fourth-order valence-electron chi connectivity index (χ4n) is 1.55. The fourth-order valence-corrected chi connectivity index (χ4v) is 1.80. The third-order valence-corrected chi connectivity index (χ3v) is 3.18. The maximum absolute atomic E-state index is 13.2. The summed E-state index contributed by atoms with van der Waals surface area (Å²) in [5.74, 6) is 0.310. The number of rotatable bonds is 8. The van der Waals surface area contributed by atoms with E-state index in [1.165, 1.54) is 6.07 Å². The molecule has 0 aliphatic carbocycles. The summed E-state index contributed by atoms with van der Waals surface area (Å²) in [4.78, 5) is 0. The summed E-state index contributed by atoms with van der Waals surface area (Å²) < 4.78 is 19.2. The third-order valence-electron chi connectivity index (χ3n) is 2.53. The minimum atomic E-state index is -0.284.